The van der Waals surface area contributed by atoms with Gasteiger partial charge in [0, 0.05) is 75.6 Å². The van der Waals surface area contributed by atoms with E-state index in [1.54, 1.807) is 6.92 Å². The molecule has 2 aromatic carbocycles. The molecule has 5 rings (SSSR count). The zero-order valence-corrected chi connectivity index (χ0v) is 19.7. The topological polar surface area (TPSA) is 79.1 Å². The molecule has 3 heterocycles. The van der Waals surface area contributed by atoms with Crippen LogP contribution in [0.5, 0.6) is 0 Å². The summed E-state index contributed by atoms with van der Waals surface area (Å²) < 4.78 is 5.92. The molecule has 1 spiro atoms. The van der Waals surface area contributed by atoms with Crippen LogP contribution in [0.2, 0.25) is 0 Å². The molecule has 0 aliphatic carbocycles. The second-order valence-corrected chi connectivity index (χ2v) is 9.52. The Morgan fingerprint density at radius 3 is 2.35 bits per heavy atom. The van der Waals surface area contributed by atoms with Crippen molar-refractivity contribution in [3.63, 3.8) is 0 Å². The number of amides is 1. The number of nitrogen functional groups attached to an aromatic ring is 1. The predicted molar refractivity (Wildman–Crippen MR) is 132 cm³/mol. The van der Waals surface area contributed by atoms with Crippen LogP contribution in [0.15, 0.2) is 65.7 Å². The largest absolute Gasteiger partial charge is 0.450 e. The molecular formula is C27H32N4O3. The van der Waals surface area contributed by atoms with E-state index in [4.69, 9.17) is 10.5 Å². The average Bonchev–Trinajstić information content (AvgIpc) is 3.10. The van der Waals surface area contributed by atoms with Gasteiger partial charge in [0.2, 0.25) is 0 Å². The molecule has 0 unspecified atom stereocenters. The van der Waals surface area contributed by atoms with Crippen molar-refractivity contribution in [1.82, 2.24) is 9.80 Å². The van der Waals surface area contributed by atoms with Crippen LogP contribution in [0.25, 0.3) is 0 Å². The van der Waals surface area contributed by atoms with Crippen molar-refractivity contribution in [3.8, 4) is 0 Å². The number of hydrogen-bond donors (Lipinski definition) is 1. The van der Waals surface area contributed by atoms with Crippen molar-refractivity contribution in [2.45, 2.75) is 31.9 Å². The van der Waals surface area contributed by atoms with E-state index < -0.39 is 5.60 Å². The zero-order valence-electron chi connectivity index (χ0n) is 19.7. The summed E-state index contributed by atoms with van der Waals surface area (Å²) in [6.45, 7) is 6.85. The minimum Gasteiger partial charge on any atom is -0.450 e. The quantitative estimate of drug-likeness (QED) is 0.558. The molecule has 2 fully saturated rings. The summed E-state index contributed by atoms with van der Waals surface area (Å²) in [4.78, 5) is 32.8. The van der Waals surface area contributed by atoms with E-state index in [9.17, 15) is 9.59 Å². The van der Waals surface area contributed by atoms with Crippen molar-refractivity contribution < 1.29 is 14.3 Å². The molecule has 34 heavy (non-hydrogen) atoms. The minimum atomic E-state index is -0.795. The Morgan fingerprint density at radius 2 is 1.68 bits per heavy atom. The van der Waals surface area contributed by atoms with E-state index in [2.05, 4.69) is 34.1 Å². The van der Waals surface area contributed by atoms with E-state index in [1.165, 1.54) is 5.56 Å². The molecule has 7 heteroatoms. The van der Waals surface area contributed by atoms with Crippen LogP contribution in [-0.4, -0.2) is 66.5 Å². The van der Waals surface area contributed by atoms with Gasteiger partial charge in [-0.05, 0) is 30.7 Å². The fourth-order valence-electron chi connectivity index (χ4n) is 5.42. The van der Waals surface area contributed by atoms with Gasteiger partial charge in [0.1, 0.15) is 5.60 Å². The predicted octanol–water partition coefficient (Wildman–Crippen LogP) is 2.83. The maximum absolute atomic E-state index is 13.7. The van der Waals surface area contributed by atoms with Crippen LogP contribution < -0.4 is 10.6 Å². The molecule has 2 aromatic rings. The first-order valence-electron chi connectivity index (χ1n) is 12.1. The highest BCUT2D eigenvalue weighted by Crippen LogP contribution is 2.42. The Balaban J connectivity index is 1.26. The number of piperazine rings is 1. The zero-order chi connectivity index (χ0) is 23.7. The molecule has 7 nitrogen and oxygen atoms in total. The summed E-state index contributed by atoms with van der Waals surface area (Å²) in [5.74, 6) is -0.398. The Kier molecular flexibility index (Phi) is 6.04. The van der Waals surface area contributed by atoms with Crippen LogP contribution in [0.4, 0.5) is 11.4 Å². The number of likely N-dealkylation sites (tertiary alicyclic amines) is 1. The van der Waals surface area contributed by atoms with Crippen molar-refractivity contribution in [1.29, 1.82) is 0 Å². The van der Waals surface area contributed by atoms with Crippen LogP contribution in [-0.2, 0) is 20.9 Å². The standard InChI is InChI=1S/C27H32N4O3/c1-20-24(25(32)31-16-14-30(15-17-31)23-9-5-8-22(28)18-23)27(34-26(20)33)10-12-29(13-11-27)19-21-6-3-2-4-7-21/h2-9,18H,10-17,19,28H2,1H3. The lowest BCUT2D eigenvalue weighted by Crippen LogP contribution is -2.53. The molecule has 0 bridgehead atoms. The number of esters is 1. The van der Waals surface area contributed by atoms with Gasteiger partial charge in [-0.3, -0.25) is 9.69 Å². The van der Waals surface area contributed by atoms with Gasteiger partial charge in [0.25, 0.3) is 5.91 Å². The number of nitrogens with two attached hydrogens (primary N) is 1. The number of hydrogen-bond acceptors (Lipinski definition) is 6. The highest BCUT2D eigenvalue weighted by atomic mass is 16.6. The molecule has 1 amide bonds. The van der Waals surface area contributed by atoms with Gasteiger partial charge in [0.05, 0.1) is 5.57 Å². The number of nitrogens with zero attached hydrogens (tertiary/aromatic N) is 3. The van der Waals surface area contributed by atoms with Crippen LogP contribution in [0.1, 0.15) is 25.3 Å². The molecule has 3 aliphatic rings. The second-order valence-electron chi connectivity index (χ2n) is 9.52. The van der Waals surface area contributed by atoms with Gasteiger partial charge in [-0.15, -0.1) is 0 Å². The number of carbonyl (C=O) groups is 2. The first kappa shape index (κ1) is 22.5. The highest BCUT2D eigenvalue weighted by Gasteiger charge is 2.51. The summed E-state index contributed by atoms with van der Waals surface area (Å²) >= 11 is 0. The molecule has 0 saturated carbocycles. The first-order chi connectivity index (χ1) is 16.4. The smallest absolute Gasteiger partial charge is 0.335 e. The molecule has 0 radical (unpaired) electrons. The molecule has 2 N–H and O–H groups in total. The van der Waals surface area contributed by atoms with Gasteiger partial charge >= 0.3 is 5.97 Å². The Labute approximate surface area is 200 Å². The lowest BCUT2D eigenvalue weighted by Gasteiger charge is -2.42. The number of carbonyl (C=O) groups excluding carboxylic acids is 2. The van der Waals surface area contributed by atoms with Gasteiger partial charge < -0.3 is 20.3 Å². The minimum absolute atomic E-state index is 0.0490. The molecule has 3 aliphatic heterocycles. The Bertz CT molecular complexity index is 1100. The number of rotatable bonds is 4. The highest BCUT2D eigenvalue weighted by molar-refractivity contribution is 6.07. The molecular weight excluding hydrogens is 428 g/mol. The Hall–Kier alpha value is -3.32. The average molecular weight is 461 g/mol. The van der Waals surface area contributed by atoms with E-state index in [1.807, 2.05) is 35.2 Å². The third-order valence-electron chi connectivity index (χ3n) is 7.35. The van der Waals surface area contributed by atoms with Crippen molar-refractivity contribution in [3.05, 3.63) is 71.3 Å². The van der Waals surface area contributed by atoms with E-state index >= 15 is 0 Å². The monoisotopic (exact) mass is 460 g/mol. The summed E-state index contributed by atoms with van der Waals surface area (Å²) in [7, 11) is 0. The number of anilines is 2. The van der Waals surface area contributed by atoms with Crippen molar-refractivity contribution >= 4 is 23.3 Å². The lowest BCUT2D eigenvalue weighted by atomic mass is 9.82. The van der Waals surface area contributed by atoms with Crippen LogP contribution >= 0.6 is 0 Å². The number of piperidine rings is 1. The van der Waals surface area contributed by atoms with E-state index in [0.29, 0.717) is 37.1 Å². The number of benzene rings is 2. The fourth-order valence-corrected chi connectivity index (χ4v) is 5.42. The van der Waals surface area contributed by atoms with E-state index in [-0.39, 0.29) is 11.9 Å². The normalized spacial score (nSPS) is 20.7. The first-order valence-corrected chi connectivity index (χ1v) is 12.1. The van der Waals surface area contributed by atoms with E-state index in [0.717, 1.165) is 44.1 Å². The fraction of sp³-hybridized carbons (Fsp3) is 0.407. The molecule has 178 valence electrons. The summed E-state index contributed by atoms with van der Waals surface area (Å²) in [6.07, 6.45) is 1.29. The van der Waals surface area contributed by atoms with Crippen molar-refractivity contribution in [2.75, 3.05) is 49.9 Å². The van der Waals surface area contributed by atoms with Crippen LogP contribution in [0, 0.1) is 0 Å². The SMILES string of the molecule is CC1=C(C(=O)N2CCN(c3cccc(N)c3)CC2)C2(CCN(Cc3ccccc3)CC2)OC1=O. The van der Waals surface area contributed by atoms with Gasteiger partial charge in [-0.25, -0.2) is 4.79 Å². The maximum atomic E-state index is 13.7. The summed E-state index contributed by atoms with van der Waals surface area (Å²) in [5, 5.41) is 0. The molecule has 0 atom stereocenters. The van der Waals surface area contributed by atoms with Gasteiger partial charge in [-0.2, -0.15) is 0 Å². The third-order valence-corrected chi connectivity index (χ3v) is 7.35. The third kappa shape index (κ3) is 4.28. The van der Waals surface area contributed by atoms with Gasteiger partial charge in [0.15, 0.2) is 0 Å². The summed E-state index contributed by atoms with van der Waals surface area (Å²) in [6, 6.07) is 18.2. The molecule has 0 aromatic heterocycles. The van der Waals surface area contributed by atoms with Crippen LogP contribution in [0.3, 0.4) is 0 Å². The second kappa shape index (κ2) is 9.14. The molecule has 2 saturated heterocycles. The number of ether oxygens (including phenoxy) is 1. The van der Waals surface area contributed by atoms with Crippen molar-refractivity contribution in [2.24, 2.45) is 0 Å². The maximum Gasteiger partial charge on any atom is 0.335 e. The summed E-state index contributed by atoms with van der Waals surface area (Å²) in [5.41, 5.74) is 9.27. The lowest BCUT2D eigenvalue weighted by molar-refractivity contribution is -0.151. The Morgan fingerprint density at radius 1 is 0.971 bits per heavy atom. The van der Waals surface area contributed by atoms with Gasteiger partial charge in [-0.1, -0.05) is 36.4 Å².